The lowest BCUT2D eigenvalue weighted by Gasteiger charge is -2.63. The van der Waals surface area contributed by atoms with Gasteiger partial charge in [0.15, 0.2) is 0 Å². The van der Waals surface area contributed by atoms with Gasteiger partial charge in [-0.15, -0.1) is 0 Å². The minimum Gasteiger partial charge on any atom is 0.000000142 e. The Balaban J connectivity index is 15.5. The van der Waals surface area contributed by atoms with E-state index in [0.717, 1.165) is 0 Å². The fraction of sp³-hybridized carbons (Fsp3) is 0. The summed E-state index contributed by atoms with van der Waals surface area (Å²) in [5.74, 6) is 0. The molecular weight excluding hydrogens is 1180 g/mol. The van der Waals surface area contributed by atoms with Crippen LogP contribution in [0.2, 0.25) is 0 Å². The van der Waals surface area contributed by atoms with Gasteiger partial charge in [-0.05, 0) is 0 Å². The van der Waals surface area contributed by atoms with Gasteiger partial charge >= 0.3 is 0 Å². The summed E-state index contributed by atoms with van der Waals surface area (Å²) < 4.78 is 0. The third-order valence-electron chi connectivity index (χ3n) is 32.5. The van der Waals surface area contributed by atoms with Crippen molar-refractivity contribution in [2.24, 2.45) is 0 Å². The predicted octanol–water partition coefficient (Wildman–Crippen LogP) is -71.2. The highest BCUT2D eigenvalue weighted by Crippen LogP contribution is 2.31. The monoisotopic (exact) mass is 1310 g/mol. The third kappa shape index (κ3) is 31.2. The Bertz CT molecular complexity index is 1890. The van der Waals surface area contributed by atoms with Crippen molar-refractivity contribution in [2.75, 3.05) is 0 Å². The summed E-state index contributed by atoms with van der Waals surface area (Å²) in [6.07, 6.45) is 26.7. The van der Waals surface area contributed by atoms with E-state index in [1.54, 1.807) is 0 Å². The Labute approximate surface area is 762 Å². The van der Waals surface area contributed by atoms with Crippen molar-refractivity contribution in [3.63, 3.8) is 0 Å². The van der Waals surface area contributed by atoms with E-state index in [1.165, 1.54) is 7.06 Å². The normalized spacial score (nSPS) is 9.83. The zero-order valence-corrected chi connectivity index (χ0v) is 86.3. The first-order valence-corrected chi connectivity index (χ1v) is 49.6. The van der Waals surface area contributed by atoms with E-state index in [-0.39, 0.29) is 0 Å². The molecule has 0 atom stereocenters. The van der Waals surface area contributed by atoms with Crippen LogP contribution in [0.3, 0.4) is 0 Å². The molecule has 0 aliphatic rings. The molecule has 0 aromatic carbocycles. The van der Waals surface area contributed by atoms with E-state index in [1.807, 2.05) is 0 Å². The molecule has 0 amide bonds. The van der Waals surface area contributed by atoms with Gasteiger partial charge in [-0.3, -0.25) is 0 Å². The molecule has 0 aliphatic heterocycles. The van der Waals surface area contributed by atoms with Crippen LogP contribution in [0.5, 0.6) is 0 Å². The van der Waals surface area contributed by atoms with Crippen LogP contribution in [0.1, 0.15) is 0 Å². The molecule has 438 valence electrons. The Kier molecular flexibility index (Phi) is 57.1. The molecule has 0 N–H and O–H groups in total. The van der Waals surface area contributed by atoms with E-state index in [2.05, 4.69) is 426 Å². The lowest BCUT2D eigenvalue weighted by atomic mass is 8.18. The molecule has 0 aromatic heterocycles. The maximum absolute atomic E-state index is 2.83. The van der Waals surface area contributed by atoms with Crippen molar-refractivity contribution < 1.29 is 0 Å². The van der Waals surface area contributed by atoms with Gasteiger partial charge in [0.2, 0.25) is 0 Å². The van der Waals surface area contributed by atoms with Crippen molar-refractivity contribution in [1.82, 2.24) is 0 Å². The molecule has 0 fully saturated rings. The highest BCUT2D eigenvalue weighted by Gasteiger charge is 2.70. The summed E-state index contributed by atoms with van der Waals surface area (Å²) >= 11 is 0. The standard InChI is InChI=1S/B109H111/c1-56-84(57(2)3)98(85(58(4)5)59(6)7)105(99(86(60(8)9)61(10)11)87(62(12)13)63(14)15)108(104(96(80(48)49)81(50)51)97(82(52)53)83(54)55)109(106(100(88(64(16)17)65(18)19)89(66(20)21)67(22)23)101(90(68(24)25)69(26)27)91(70(28)29)71(30)31)107(102(92(72(32)33)73(34)35)93(74(36)37)75(38)39)103(94(76(40)41)77(42)43)95(78(44)45)79(46)47/h56H,1-55H2. The average molecular weight is 1290 g/mol. The van der Waals surface area contributed by atoms with Gasteiger partial charge < -0.3 is 0 Å². The van der Waals surface area contributed by atoms with Gasteiger partial charge in [-0.2, -0.15) is 0 Å². The summed E-state index contributed by atoms with van der Waals surface area (Å²) in [5.41, 5.74) is 0. The molecule has 109 heteroatoms. The van der Waals surface area contributed by atoms with Crippen LogP contribution in [-0.4, -0.2) is 771 Å². The van der Waals surface area contributed by atoms with Gasteiger partial charge in [-0.1, -0.05) is 0 Å². The lowest BCUT2D eigenvalue weighted by Crippen LogP contribution is -3.02. The molecule has 0 saturated heterocycles. The minimum atomic E-state index is 0.384. The van der Waals surface area contributed by atoms with Crippen LogP contribution in [0.25, 0.3) is 0 Å². The second-order valence-electron chi connectivity index (χ2n) is 49.1. The van der Waals surface area contributed by atoms with E-state index in [0.29, 0.717) is 338 Å². The number of rotatable bonds is 53. The van der Waals surface area contributed by atoms with Crippen LogP contribution in [0.15, 0.2) is 0 Å². The summed E-state index contributed by atoms with van der Waals surface area (Å²) in [6.45, 7) is 0. The first-order chi connectivity index (χ1) is 49.6. The summed E-state index contributed by atoms with van der Waals surface area (Å²) in [4.78, 5) is 0. The molecule has 0 unspecified atom stereocenters. The molecule has 109 heavy (non-hydrogen) atoms. The number of hydrogen-bond acceptors (Lipinski definition) is 0. The number of hydrogen-bond donors (Lipinski definition) is 0. The highest BCUT2D eigenvalue weighted by molar-refractivity contribution is 8.45. The first-order valence-electron chi connectivity index (χ1n) is 49.6. The molecule has 0 rings (SSSR count). The van der Waals surface area contributed by atoms with Crippen molar-refractivity contribution in [1.29, 1.82) is 0 Å². The predicted molar refractivity (Wildman–Crippen MR) is 782 cm³/mol. The van der Waals surface area contributed by atoms with Crippen LogP contribution in [0.4, 0.5) is 0 Å². The van der Waals surface area contributed by atoms with Crippen LogP contribution >= 0.6 is 0 Å². The van der Waals surface area contributed by atoms with Crippen LogP contribution < -0.4 is 0 Å². The Morgan fingerprint density at radius 1 is 0.0826 bits per heavy atom. The Morgan fingerprint density at radius 3 is 0.211 bits per heavy atom. The van der Waals surface area contributed by atoms with E-state index >= 15 is 0 Å². The third-order valence-corrected chi connectivity index (χ3v) is 32.5. The quantitative estimate of drug-likeness (QED) is 0.0533. The minimum absolute atomic E-state index is 0.384. The molecule has 0 heterocycles. The van der Waals surface area contributed by atoms with Crippen molar-refractivity contribution in [3.8, 4) is 0 Å². The Hall–Kier alpha value is 7.08. The van der Waals surface area contributed by atoms with Gasteiger partial charge in [0, 0.05) is 345 Å². The fourth-order valence-electron chi connectivity index (χ4n) is 32.0. The van der Waals surface area contributed by atoms with Crippen LogP contribution in [0, 0.1) is 0 Å². The molecule has 0 aliphatic carbocycles. The highest BCUT2D eigenvalue weighted by atomic mass is 13.5. The van der Waals surface area contributed by atoms with Crippen LogP contribution in [-0.2, 0) is 0 Å². The maximum atomic E-state index is 2.83. The molecule has 0 bridgehead atoms. The Morgan fingerprint density at radius 2 is 0.147 bits per heavy atom. The molecule has 0 radical (unpaired) electrons. The molecule has 0 spiro atoms. The lowest BCUT2D eigenvalue weighted by molar-refractivity contribution is 3.12. The van der Waals surface area contributed by atoms with Crippen molar-refractivity contribution >= 4 is 771 Å². The zero-order chi connectivity index (χ0) is 86.3. The average Bonchev–Trinajstić information content (AvgIpc) is 0.705. The zero-order valence-electron chi connectivity index (χ0n) is 86.3. The van der Waals surface area contributed by atoms with Crippen molar-refractivity contribution in [2.45, 2.75) is 0 Å². The first kappa shape index (κ1) is 116. The SMILES string of the molecule is BBB(B(B)B)B(B(B(B)B)B(B)B)B(B(B(B(B)B)B(B)B)B(B(B)B)B(B)B)B(B(B(B(B)B)B(B)B)B(B(B)B)B(B)B)B(B(B(B(B(B)B)B(B)B)B(B(B)B)B(B)B)B(B(B(B)B)B(B)B)B(B(B)B)B(B)B)B(B(B(B(B)B)B(B)B)B(B(B)B)B(B)B)B(B(B(B)B)B(B)B)B(B(B)B)B(B)B. The van der Waals surface area contributed by atoms with E-state index in [9.17, 15) is 0 Å². The molecule has 0 saturated carbocycles. The summed E-state index contributed by atoms with van der Waals surface area (Å²) in [7, 11) is 155. The summed E-state index contributed by atoms with van der Waals surface area (Å²) in [5, 5.41) is 0. The second kappa shape index (κ2) is 53.6. The van der Waals surface area contributed by atoms with Gasteiger partial charge in [-0.25, -0.2) is 0 Å². The molecular formula is H111B109. The van der Waals surface area contributed by atoms with Crippen molar-refractivity contribution in [3.05, 3.63) is 0 Å². The summed E-state index contributed by atoms with van der Waals surface area (Å²) in [6, 6.07) is 0. The van der Waals surface area contributed by atoms with E-state index < -0.39 is 0 Å². The molecule has 0 nitrogen and oxygen atoms in total. The molecule has 0 aromatic rings. The fourth-order valence-corrected chi connectivity index (χ4v) is 32.0. The van der Waals surface area contributed by atoms with E-state index in [4.69, 9.17) is 0 Å². The van der Waals surface area contributed by atoms with Gasteiger partial charge in [0.1, 0.15) is 0 Å². The van der Waals surface area contributed by atoms with Gasteiger partial charge in [0.25, 0.3) is 0 Å². The van der Waals surface area contributed by atoms with Gasteiger partial charge in [0.05, 0.1) is 426 Å². The smallest absolute Gasteiger partial charge is 0.000000142 e. The maximum Gasteiger partial charge on any atom is 0.0593 e. The second-order valence-corrected chi connectivity index (χ2v) is 49.1. The largest absolute Gasteiger partial charge is 0.0593 e. The topological polar surface area (TPSA) is 0 Å².